The molecule has 0 radical (unpaired) electrons. The molecule has 2 aromatic carbocycles. The molecule has 8 heteroatoms. The molecule has 3 rings (SSSR count). The van der Waals surface area contributed by atoms with Crippen LogP contribution in [0.5, 0.6) is 0 Å². The van der Waals surface area contributed by atoms with Gasteiger partial charge in [0.2, 0.25) is 5.91 Å². The Kier molecular flexibility index (Phi) is 6.97. The number of alkyl halides is 3. The van der Waals surface area contributed by atoms with Crippen molar-refractivity contribution >= 4 is 5.91 Å². The van der Waals surface area contributed by atoms with Crippen molar-refractivity contribution in [3.63, 3.8) is 0 Å². The maximum atomic E-state index is 13.8. The maximum Gasteiger partial charge on any atom is 0.390 e. The molecular weight excluding hydrogens is 415 g/mol. The monoisotopic (exact) mass is 438 g/mol. The van der Waals surface area contributed by atoms with Gasteiger partial charge in [0, 0.05) is 36.8 Å². The number of carbonyl (C=O) groups is 1. The highest BCUT2D eigenvalue weighted by Crippen LogP contribution is 2.39. The van der Waals surface area contributed by atoms with Crippen molar-refractivity contribution in [3.8, 4) is 0 Å². The van der Waals surface area contributed by atoms with Crippen LogP contribution in [0.1, 0.15) is 36.9 Å². The minimum absolute atomic E-state index is 0.154. The fourth-order valence-electron chi connectivity index (χ4n) is 3.82. The number of hydrogen-bond acceptors (Lipinski definition) is 2. The lowest BCUT2D eigenvalue weighted by Gasteiger charge is -2.29. The van der Waals surface area contributed by atoms with Gasteiger partial charge in [0.25, 0.3) is 0 Å². The van der Waals surface area contributed by atoms with Crippen LogP contribution >= 0.6 is 0 Å². The van der Waals surface area contributed by atoms with E-state index in [4.69, 9.17) is 0 Å². The van der Waals surface area contributed by atoms with Crippen molar-refractivity contribution in [3.05, 3.63) is 82.6 Å². The van der Waals surface area contributed by atoms with E-state index in [0.717, 1.165) is 11.6 Å². The minimum atomic E-state index is -4.37. The molecule has 1 N–H and O–H groups in total. The van der Waals surface area contributed by atoms with E-state index in [9.17, 15) is 26.7 Å². The standard InChI is InChI=1S/C23H23F5N2O/c1-15-20(22(31)29-9-8-23(26,27)28)14-21(17-11-18(24)13-19(25)12-17)30(15)10-7-16-5-3-2-4-6-16/h2-6,11-13,21H,7-10,14H2,1H3,(H,29,31). The Morgan fingerprint density at radius 2 is 1.74 bits per heavy atom. The van der Waals surface area contributed by atoms with Crippen LogP contribution in [0.3, 0.4) is 0 Å². The summed E-state index contributed by atoms with van der Waals surface area (Å²) in [6, 6.07) is 12.3. The van der Waals surface area contributed by atoms with E-state index in [1.165, 1.54) is 12.1 Å². The number of carbonyl (C=O) groups excluding carboxylic acids is 1. The number of nitrogens with zero attached hydrogens (tertiary/aromatic N) is 1. The molecule has 1 unspecified atom stereocenters. The second-order valence-corrected chi connectivity index (χ2v) is 7.54. The van der Waals surface area contributed by atoms with Crippen molar-refractivity contribution < 1.29 is 26.7 Å². The second-order valence-electron chi connectivity index (χ2n) is 7.54. The van der Waals surface area contributed by atoms with Gasteiger partial charge in [0.15, 0.2) is 0 Å². The molecule has 0 aliphatic carbocycles. The first-order valence-corrected chi connectivity index (χ1v) is 9.95. The van der Waals surface area contributed by atoms with E-state index in [1.54, 1.807) is 6.92 Å². The quantitative estimate of drug-likeness (QED) is 0.596. The summed E-state index contributed by atoms with van der Waals surface area (Å²) < 4.78 is 64.9. The van der Waals surface area contributed by atoms with E-state index < -0.39 is 42.7 Å². The van der Waals surface area contributed by atoms with Crippen LogP contribution < -0.4 is 5.32 Å². The Bertz CT molecular complexity index is 936. The molecule has 1 atom stereocenters. The molecule has 31 heavy (non-hydrogen) atoms. The fourth-order valence-corrected chi connectivity index (χ4v) is 3.82. The largest absolute Gasteiger partial charge is 0.390 e. The predicted molar refractivity (Wildman–Crippen MR) is 107 cm³/mol. The van der Waals surface area contributed by atoms with Gasteiger partial charge in [-0.15, -0.1) is 0 Å². The zero-order valence-corrected chi connectivity index (χ0v) is 17.0. The van der Waals surface area contributed by atoms with Gasteiger partial charge in [0.1, 0.15) is 11.6 Å². The lowest BCUT2D eigenvalue weighted by Crippen LogP contribution is -2.29. The molecule has 1 aliphatic heterocycles. The number of amides is 1. The Labute approximate surface area is 177 Å². The van der Waals surface area contributed by atoms with Gasteiger partial charge in [-0.2, -0.15) is 13.2 Å². The first-order chi connectivity index (χ1) is 14.6. The third-order valence-corrected chi connectivity index (χ3v) is 5.36. The predicted octanol–water partition coefficient (Wildman–Crippen LogP) is 5.30. The van der Waals surface area contributed by atoms with Crippen LogP contribution in [0.15, 0.2) is 59.8 Å². The molecule has 0 bridgehead atoms. The molecule has 0 saturated carbocycles. The lowest BCUT2D eigenvalue weighted by molar-refractivity contribution is -0.135. The van der Waals surface area contributed by atoms with Gasteiger partial charge in [-0.3, -0.25) is 4.79 Å². The van der Waals surface area contributed by atoms with Crippen molar-refractivity contribution in [2.45, 2.75) is 38.4 Å². The van der Waals surface area contributed by atoms with Crippen LogP contribution in [0, 0.1) is 11.6 Å². The Balaban J connectivity index is 1.81. The molecule has 1 amide bonds. The Morgan fingerprint density at radius 1 is 1.10 bits per heavy atom. The average molecular weight is 438 g/mol. The summed E-state index contributed by atoms with van der Waals surface area (Å²) in [5, 5.41) is 2.31. The van der Waals surface area contributed by atoms with Crippen molar-refractivity contribution in [2.24, 2.45) is 0 Å². The summed E-state index contributed by atoms with van der Waals surface area (Å²) in [5.41, 5.74) is 2.35. The Morgan fingerprint density at radius 3 is 2.35 bits per heavy atom. The third kappa shape index (κ3) is 6.06. The van der Waals surface area contributed by atoms with Crippen LogP contribution in [-0.4, -0.2) is 30.1 Å². The molecule has 1 aliphatic rings. The number of allylic oxidation sites excluding steroid dienone is 1. The van der Waals surface area contributed by atoms with Gasteiger partial charge in [-0.05, 0) is 36.6 Å². The zero-order valence-electron chi connectivity index (χ0n) is 17.0. The third-order valence-electron chi connectivity index (χ3n) is 5.36. The summed E-state index contributed by atoms with van der Waals surface area (Å²) >= 11 is 0. The van der Waals surface area contributed by atoms with E-state index in [-0.39, 0.29) is 6.42 Å². The first kappa shape index (κ1) is 22.8. The van der Waals surface area contributed by atoms with E-state index >= 15 is 0 Å². The maximum absolute atomic E-state index is 13.8. The van der Waals surface area contributed by atoms with Crippen molar-refractivity contribution in [1.82, 2.24) is 10.2 Å². The first-order valence-electron chi connectivity index (χ1n) is 9.95. The van der Waals surface area contributed by atoms with Crippen LogP contribution in [0.25, 0.3) is 0 Å². The molecule has 2 aromatic rings. The van der Waals surface area contributed by atoms with Crippen molar-refractivity contribution in [1.29, 1.82) is 0 Å². The highest BCUT2D eigenvalue weighted by molar-refractivity contribution is 5.94. The molecule has 0 spiro atoms. The number of rotatable bonds is 7. The smallest absolute Gasteiger partial charge is 0.367 e. The van der Waals surface area contributed by atoms with Gasteiger partial charge >= 0.3 is 6.18 Å². The number of hydrogen-bond donors (Lipinski definition) is 1. The molecule has 0 fully saturated rings. The van der Waals surface area contributed by atoms with Crippen LogP contribution in [0.2, 0.25) is 0 Å². The highest BCUT2D eigenvalue weighted by atomic mass is 19.4. The minimum Gasteiger partial charge on any atom is -0.367 e. The molecule has 1 heterocycles. The van der Waals surface area contributed by atoms with Crippen molar-refractivity contribution in [2.75, 3.05) is 13.1 Å². The average Bonchev–Trinajstić information content (AvgIpc) is 3.02. The van der Waals surface area contributed by atoms with Gasteiger partial charge < -0.3 is 10.2 Å². The van der Waals surface area contributed by atoms with E-state index in [2.05, 4.69) is 5.32 Å². The SMILES string of the molecule is CC1=C(C(=O)NCCC(F)(F)F)CC(c2cc(F)cc(F)c2)N1CCc1ccccc1. The molecule has 0 saturated heterocycles. The summed E-state index contributed by atoms with van der Waals surface area (Å²) in [7, 11) is 0. The topological polar surface area (TPSA) is 32.3 Å². The van der Waals surface area contributed by atoms with Gasteiger partial charge in [-0.1, -0.05) is 30.3 Å². The number of nitrogens with one attached hydrogen (secondary N) is 1. The number of halogens is 5. The summed E-state index contributed by atoms with van der Waals surface area (Å²) in [5.74, 6) is -2.04. The lowest BCUT2D eigenvalue weighted by atomic mass is 10.0. The van der Waals surface area contributed by atoms with E-state index in [0.29, 0.717) is 29.8 Å². The molecular formula is C23H23F5N2O. The summed E-state index contributed by atoms with van der Waals surface area (Å²) in [6.45, 7) is 1.67. The van der Waals surface area contributed by atoms with Crippen LogP contribution in [-0.2, 0) is 11.2 Å². The Hall–Kier alpha value is -2.90. The molecule has 0 aromatic heterocycles. The normalized spacial score (nSPS) is 16.7. The highest BCUT2D eigenvalue weighted by Gasteiger charge is 2.34. The van der Waals surface area contributed by atoms with E-state index in [1.807, 2.05) is 35.2 Å². The zero-order chi connectivity index (χ0) is 22.6. The second kappa shape index (κ2) is 9.49. The molecule has 166 valence electrons. The molecule has 3 nitrogen and oxygen atoms in total. The van der Waals surface area contributed by atoms with Gasteiger partial charge in [0.05, 0.1) is 12.5 Å². The number of benzene rings is 2. The summed E-state index contributed by atoms with van der Waals surface area (Å²) in [4.78, 5) is 14.4. The van der Waals surface area contributed by atoms with Gasteiger partial charge in [-0.25, -0.2) is 8.78 Å². The summed E-state index contributed by atoms with van der Waals surface area (Å²) in [6.07, 6.45) is -4.70. The fraction of sp³-hybridized carbons (Fsp3) is 0.348. The van der Waals surface area contributed by atoms with Crippen LogP contribution in [0.4, 0.5) is 22.0 Å².